The first-order valence-electron chi connectivity index (χ1n) is 13.0. The molecule has 168 valence electrons. The standard InChI is InChI=1S/C27H48O2/c1-17(2)6-11-25(28)18(3)23-9-10-24-22-8-7-19-16-26(4,29)14-12-20(19)21(22)13-15-27(23,24)5/h17-25,28-29H,6-16H2,1-5H3/t18-,19+,20-,21+,22+,23+,24-,25-,26-,27+/m0/s1. The Balaban J connectivity index is 1.45. The Labute approximate surface area is 180 Å². The molecule has 4 saturated carbocycles. The molecule has 4 fully saturated rings. The van der Waals surface area contributed by atoms with Crippen LogP contribution in [0.2, 0.25) is 0 Å². The SMILES string of the molecule is CC(C)CC[C@H](O)[C@@H](C)[C@H]1CC[C@H]2[C@@H]3CC[C@@H]4C[C@@](C)(O)CC[C@@H]4[C@H]3CC[C@]12C. The van der Waals surface area contributed by atoms with Gasteiger partial charge in [0.05, 0.1) is 11.7 Å². The molecule has 0 radical (unpaired) electrons. The van der Waals surface area contributed by atoms with Crippen molar-refractivity contribution in [3.8, 4) is 0 Å². The van der Waals surface area contributed by atoms with Gasteiger partial charge in [0, 0.05) is 0 Å². The van der Waals surface area contributed by atoms with Gasteiger partial charge in [0.1, 0.15) is 0 Å². The lowest BCUT2D eigenvalue weighted by atomic mass is 9.48. The molecule has 0 amide bonds. The van der Waals surface area contributed by atoms with Crippen LogP contribution in [0.1, 0.15) is 105 Å². The van der Waals surface area contributed by atoms with Crippen LogP contribution in [0.4, 0.5) is 0 Å². The van der Waals surface area contributed by atoms with Crippen molar-refractivity contribution in [3.05, 3.63) is 0 Å². The first kappa shape index (κ1) is 22.1. The normalized spacial score (nSPS) is 49.2. The zero-order valence-corrected chi connectivity index (χ0v) is 19.9. The summed E-state index contributed by atoms with van der Waals surface area (Å²) in [6, 6.07) is 0. The Morgan fingerprint density at radius 1 is 0.828 bits per heavy atom. The van der Waals surface area contributed by atoms with E-state index in [4.69, 9.17) is 0 Å². The van der Waals surface area contributed by atoms with Crippen LogP contribution in [0.3, 0.4) is 0 Å². The van der Waals surface area contributed by atoms with Gasteiger partial charge in [-0.25, -0.2) is 0 Å². The molecule has 0 heterocycles. The van der Waals surface area contributed by atoms with E-state index in [1.54, 1.807) is 0 Å². The van der Waals surface area contributed by atoms with Gasteiger partial charge in [-0.3, -0.25) is 0 Å². The minimum atomic E-state index is -0.406. The second-order valence-corrected chi connectivity index (χ2v) is 12.8. The Morgan fingerprint density at radius 3 is 2.28 bits per heavy atom. The van der Waals surface area contributed by atoms with Crippen molar-refractivity contribution in [3.63, 3.8) is 0 Å². The summed E-state index contributed by atoms with van der Waals surface area (Å²) in [7, 11) is 0. The van der Waals surface area contributed by atoms with Gasteiger partial charge in [0.15, 0.2) is 0 Å². The summed E-state index contributed by atoms with van der Waals surface area (Å²) in [6.45, 7) is 11.6. The van der Waals surface area contributed by atoms with E-state index in [2.05, 4.69) is 34.6 Å². The smallest absolute Gasteiger partial charge is 0.0622 e. The molecule has 29 heavy (non-hydrogen) atoms. The predicted octanol–water partition coefficient (Wildman–Crippen LogP) is 6.44. The van der Waals surface area contributed by atoms with E-state index in [9.17, 15) is 10.2 Å². The van der Waals surface area contributed by atoms with E-state index in [1.165, 1.54) is 44.9 Å². The third-order valence-electron chi connectivity index (χ3n) is 10.6. The minimum absolute atomic E-state index is 0.119. The monoisotopic (exact) mass is 404 g/mol. The average molecular weight is 405 g/mol. The molecule has 0 saturated heterocycles. The lowest BCUT2D eigenvalue weighted by molar-refractivity contribution is -0.106. The minimum Gasteiger partial charge on any atom is -0.393 e. The van der Waals surface area contributed by atoms with E-state index in [0.717, 1.165) is 55.3 Å². The predicted molar refractivity (Wildman–Crippen MR) is 120 cm³/mol. The highest BCUT2D eigenvalue weighted by molar-refractivity contribution is 5.07. The quantitative estimate of drug-likeness (QED) is 0.553. The Bertz CT molecular complexity index is 569. The van der Waals surface area contributed by atoms with E-state index >= 15 is 0 Å². The van der Waals surface area contributed by atoms with Crippen molar-refractivity contribution in [2.24, 2.45) is 52.8 Å². The summed E-state index contributed by atoms with van der Waals surface area (Å²) >= 11 is 0. The molecule has 4 aliphatic carbocycles. The van der Waals surface area contributed by atoms with Crippen molar-refractivity contribution in [2.75, 3.05) is 0 Å². The zero-order chi connectivity index (χ0) is 21.0. The molecule has 2 N–H and O–H groups in total. The summed E-state index contributed by atoms with van der Waals surface area (Å²) < 4.78 is 0. The third kappa shape index (κ3) is 4.07. The van der Waals surface area contributed by atoms with Gasteiger partial charge in [-0.1, -0.05) is 27.7 Å². The van der Waals surface area contributed by atoms with Crippen LogP contribution >= 0.6 is 0 Å². The highest BCUT2D eigenvalue weighted by Crippen LogP contribution is 2.65. The molecule has 0 aromatic rings. The number of fused-ring (bicyclic) bond motifs is 5. The van der Waals surface area contributed by atoms with Gasteiger partial charge in [0.25, 0.3) is 0 Å². The highest BCUT2D eigenvalue weighted by atomic mass is 16.3. The average Bonchev–Trinajstić information content (AvgIpc) is 3.01. The largest absolute Gasteiger partial charge is 0.393 e. The Morgan fingerprint density at radius 2 is 1.55 bits per heavy atom. The topological polar surface area (TPSA) is 40.5 Å². The van der Waals surface area contributed by atoms with Crippen LogP contribution in [0.15, 0.2) is 0 Å². The zero-order valence-electron chi connectivity index (χ0n) is 19.9. The molecule has 4 aliphatic rings. The molecule has 4 rings (SSSR count). The number of aliphatic hydroxyl groups excluding tert-OH is 1. The second kappa shape index (κ2) is 8.12. The molecular formula is C27H48O2. The van der Waals surface area contributed by atoms with Crippen molar-refractivity contribution in [2.45, 2.75) is 117 Å². The van der Waals surface area contributed by atoms with Crippen LogP contribution in [0.5, 0.6) is 0 Å². The maximum absolute atomic E-state index is 10.9. The van der Waals surface area contributed by atoms with E-state index < -0.39 is 5.60 Å². The molecule has 2 heteroatoms. The van der Waals surface area contributed by atoms with E-state index in [0.29, 0.717) is 23.2 Å². The third-order valence-corrected chi connectivity index (χ3v) is 10.6. The molecule has 0 unspecified atom stereocenters. The van der Waals surface area contributed by atoms with Crippen molar-refractivity contribution in [1.82, 2.24) is 0 Å². The Kier molecular flexibility index (Phi) is 6.19. The Hall–Kier alpha value is -0.0800. The summed E-state index contributed by atoms with van der Waals surface area (Å²) in [4.78, 5) is 0. The fourth-order valence-electron chi connectivity index (χ4n) is 9.02. The summed E-state index contributed by atoms with van der Waals surface area (Å²) in [5.41, 5.74) is 0.0452. The fourth-order valence-corrected chi connectivity index (χ4v) is 9.02. The van der Waals surface area contributed by atoms with Crippen LogP contribution in [0, 0.1) is 52.8 Å². The van der Waals surface area contributed by atoms with Crippen LogP contribution in [-0.4, -0.2) is 21.9 Å². The second-order valence-electron chi connectivity index (χ2n) is 12.8. The lowest BCUT2D eigenvalue weighted by Crippen LogP contribution is -2.51. The van der Waals surface area contributed by atoms with Crippen LogP contribution < -0.4 is 0 Å². The van der Waals surface area contributed by atoms with E-state index in [-0.39, 0.29) is 6.10 Å². The molecule has 0 aromatic heterocycles. The molecule has 2 nitrogen and oxygen atoms in total. The van der Waals surface area contributed by atoms with Crippen LogP contribution in [0.25, 0.3) is 0 Å². The molecule has 0 aliphatic heterocycles. The molecule has 0 bridgehead atoms. The molecule has 0 aromatic carbocycles. The number of hydrogen-bond acceptors (Lipinski definition) is 2. The van der Waals surface area contributed by atoms with Gasteiger partial charge >= 0.3 is 0 Å². The first-order valence-corrected chi connectivity index (χ1v) is 13.0. The maximum atomic E-state index is 10.9. The molecular weight excluding hydrogens is 356 g/mol. The molecule has 0 spiro atoms. The van der Waals surface area contributed by atoms with Gasteiger partial charge in [-0.2, -0.15) is 0 Å². The first-order chi connectivity index (χ1) is 13.6. The highest BCUT2D eigenvalue weighted by Gasteiger charge is 2.58. The summed E-state index contributed by atoms with van der Waals surface area (Å²) in [6.07, 6.45) is 13.6. The van der Waals surface area contributed by atoms with Crippen molar-refractivity contribution >= 4 is 0 Å². The van der Waals surface area contributed by atoms with Gasteiger partial charge in [0.2, 0.25) is 0 Å². The van der Waals surface area contributed by atoms with Gasteiger partial charge < -0.3 is 10.2 Å². The maximum Gasteiger partial charge on any atom is 0.0622 e. The van der Waals surface area contributed by atoms with Crippen molar-refractivity contribution < 1.29 is 10.2 Å². The summed E-state index contributed by atoms with van der Waals surface area (Å²) in [5.74, 6) is 6.22. The number of rotatable bonds is 5. The molecule has 10 atom stereocenters. The van der Waals surface area contributed by atoms with E-state index in [1.807, 2.05) is 0 Å². The fraction of sp³-hybridized carbons (Fsp3) is 1.00. The lowest BCUT2D eigenvalue weighted by Gasteiger charge is -2.57. The van der Waals surface area contributed by atoms with Gasteiger partial charge in [-0.15, -0.1) is 0 Å². The number of hydrogen-bond donors (Lipinski definition) is 2. The van der Waals surface area contributed by atoms with Crippen molar-refractivity contribution in [1.29, 1.82) is 0 Å². The van der Waals surface area contributed by atoms with Gasteiger partial charge in [-0.05, 0) is 130 Å². The summed E-state index contributed by atoms with van der Waals surface area (Å²) in [5, 5.41) is 21.5. The van der Waals surface area contributed by atoms with Crippen LogP contribution in [-0.2, 0) is 0 Å². The number of aliphatic hydroxyl groups is 2.